The van der Waals surface area contributed by atoms with Gasteiger partial charge in [-0.05, 0) is 28.4 Å². The second-order valence-corrected chi connectivity index (χ2v) is 8.39. The van der Waals surface area contributed by atoms with Crippen LogP contribution in [-0.2, 0) is 5.34 Å². The smallest absolute Gasteiger partial charge is 0.272 e. The van der Waals surface area contributed by atoms with Crippen LogP contribution in [0.1, 0.15) is 22.4 Å². The van der Waals surface area contributed by atoms with Gasteiger partial charge in [-0.2, -0.15) is 10.4 Å². The van der Waals surface area contributed by atoms with Crippen LogP contribution in [0.5, 0.6) is 0 Å². The average molecular weight is 432 g/mol. The Kier molecular flexibility index (Phi) is 5.62. The number of hydrogen-bond donors (Lipinski definition) is 4. The summed E-state index contributed by atoms with van der Waals surface area (Å²) in [5.74, 6) is 0. The van der Waals surface area contributed by atoms with Crippen LogP contribution < -0.4 is 16.6 Å². The van der Waals surface area contributed by atoms with Crippen molar-refractivity contribution in [2.24, 2.45) is 5.73 Å². The SMILES string of the molecule is BC(B)(N)c1n[nH]c(=O)c2ccc(/C(C=N)=C(/NC)c3ccc4ccccc4c3C#N)cc12. The number of nitriles is 1. The summed E-state index contributed by atoms with van der Waals surface area (Å²) in [5.41, 5.74) is 9.70. The highest BCUT2D eigenvalue weighted by Gasteiger charge is 2.22. The van der Waals surface area contributed by atoms with Gasteiger partial charge in [0.2, 0.25) is 0 Å². The number of hydrogen-bond acceptors (Lipinski definition) is 6. The van der Waals surface area contributed by atoms with Crippen LogP contribution in [0, 0.1) is 16.7 Å². The van der Waals surface area contributed by atoms with Crippen molar-refractivity contribution < 1.29 is 0 Å². The van der Waals surface area contributed by atoms with Crippen LogP contribution in [0.4, 0.5) is 0 Å². The fraction of sp³-hybridized carbons (Fsp3) is 0.0833. The molecule has 0 aliphatic carbocycles. The number of nitrogens with zero attached hydrogens (tertiary/aromatic N) is 2. The Morgan fingerprint density at radius 2 is 1.94 bits per heavy atom. The van der Waals surface area contributed by atoms with E-state index >= 15 is 0 Å². The van der Waals surface area contributed by atoms with Crippen molar-refractivity contribution >= 4 is 54.7 Å². The molecule has 9 heteroatoms. The Hall–Kier alpha value is -4.15. The monoisotopic (exact) mass is 432 g/mol. The largest absolute Gasteiger partial charge is 0.387 e. The third-order valence-corrected chi connectivity index (χ3v) is 5.68. The van der Waals surface area contributed by atoms with Crippen LogP contribution >= 0.6 is 0 Å². The molecule has 5 N–H and O–H groups in total. The topological polar surface area (TPSA) is 131 Å². The molecule has 0 atom stereocenters. The molecule has 1 heterocycles. The van der Waals surface area contributed by atoms with Crippen LogP contribution in [0.3, 0.4) is 0 Å². The lowest BCUT2D eigenvalue weighted by atomic mass is 9.60. The fourth-order valence-electron chi connectivity index (χ4n) is 4.14. The van der Waals surface area contributed by atoms with Crippen LogP contribution in [0.15, 0.2) is 59.4 Å². The van der Waals surface area contributed by atoms with E-state index in [0.717, 1.165) is 10.8 Å². The normalized spacial score (nSPS) is 12.3. The van der Waals surface area contributed by atoms with Crippen molar-refractivity contribution in [3.8, 4) is 6.07 Å². The van der Waals surface area contributed by atoms with E-state index in [4.69, 9.17) is 11.1 Å². The van der Waals surface area contributed by atoms with E-state index in [1.54, 1.807) is 19.2 Å². The first-order valence-corrected chi connectivity index (χ1v) is 10.5. The fourth-order valence-corrected chi connectivity index (χ4v) is 4.14. The minimum atomic E-state index is -0.784. The second kappa shape index (κ2) is 8.41. The molecule has 7 nitrogen and oxygen atoms in total. The molecular weight excluding hydrogens is 410 g/mol. The molecule has 0 unspecified atom stereocenters. The number of allylic oxidation sites excluding steroid dienone is 1. The molecule has 4 aromatic rings. The second-order valence-electron chi connectivity index (χ2n) is 8.39. The molecule has 0 aliphatic rings. The maximum Gasteiger partial charge on any atom is 0.272 e. The zero-order valence-corrected chi connectivity index (χ0v) is 18.7. The van der Waals surface area contributed by atoms with Crippen molar-refractivity contribution in [1.82, 2.24) is 15.5 Å². The van der Waals surface area contributed by atoms with Gasteiger partial charge in [-0.1, -0.05) is 42.5 Å². The number of benzene rings is 3. The van der Waals surface area contributed by atoms with Crippen molar-refractivity contribution in [2.75, 3.05) is 7.05 Å². The summed E-state index contributed by atoms with van der Waals surface area (Å²) in [6.07, 6.45) is 1.25. The molecule has 3 aromatic carbocycles. The Labute approximate surface area is 192 Å². The van der Waals surface area contributed by atoms with Gasteiger partial charge in [0, 0.05) is 35.2 Å². The van der Waals surface area contributed by atoms with Crippen LogP contribution in [-0.4, -0.2) is 39.2 Å². The van der Waals surface area contributed by atoms with Crippen LogP contribution in [0.2, 0.25) is 0 Å². The van der Waals surface area contributed by atoms with Crippen LogP contribution in [0.25, 0.3) is 32.8 Å². The average Bonchev–Trinajstić information content (AvgIpc) is 2.81. The minimum absolute atomic E-state index is 0.305. The number of fused-ring (bicyclic) bond motifs is 2. The van der Waals surface area contributed by atoms with E-state index in [9.17, 15) is 10.1 Å². The van der Waals surface area contributed by atoms with E-state index in [-0.39, 0.29) is 5.56 Å². The van der Waals surface area contributed by atoms with Gasteiger partial charge >= 0.3 is 0 Å². The zero-order chi connectivity index (χ0) is 23.8. The molecule has 0 spiro atoms. The molecule has 0 bridgehead atoms. The Balaban J connectivity index is 2.04. The van der Waals surface area contributed by atoms with Gasteiger partial charge in [-0.15, -0.1) is 0 Å². The van der Waals surface area contributed by atoms with Crippen molar-refractivity contribution in [3.63, 3.8) is 0 Å². The van der Waals surface area contributed by atoms with Crippen molar-refractivity contribution in [3.05, 3.63) is 87.3 Å². The summed E-state index contributed by atoms with van der Waals surface area (Å²) in [6, 6.07) is 19.2. The third kappa shape index (κ3) is 3.81. The highest BCUT2D eigenvalue weighted by Crippen LogP contribution is 2.31. The van der Waals surface area contributed by atoms with Crippen molar-refractivity contribution in [2.45, 2.75) is 5.34 Å². The van der Waals surface area contributed by atoms with Gasteiger partial charge < -0.3 is 16.5 Å². The third-order valence-electron chi connectivity index (χ3n) is 5.68. The number of nitrogens with one attached hydrogen (secondary N) is 3. The number of nitrogens with two attached hydrogens (primary N) is 1. The Morgan fingerprint density at radius 3 is 2.61 bits per heavy atom. The van der Waals surface area contributed by atoms with E-state index in [0.29, 0.717) is 44.4 Å². The number of H-pyrrole nitrogens is 1. The summed E-state index contributed by atoms with van der Waals surface area (Å²) in [6.45, 7) is 0. The molecule has 0 fully saturated rings. The molecule has 0 amide bonds. The summed E-state index contributed by atoms with van der Waals surface area (Å²) < 4.78 is 0. The predicted molar refractivity (Wildman–Crippen MR) is 139 cm³/mol. The Morgan fingerprint density at radius 1 is 1.18 bits per heavy atom. The molecule has 0 aliphatic heterocycles. The molecule has 1 aromatic heterocycles. The van der Waals surface area contributed by atoms with Gasteiger partial charge in [0.15, 0.2) is 0 Å². The predicted octanol–water partition coefficient (Wildman–Crippen LogP) is 1.02. The summed E-state index contributed by atoms with van der Waals surface area (Å²) in [5, 5.41) is 30.2. The molecule has 4 rings (SSSR count). The lowest BCUT2D eigenvalue weighted by Gasteiger charge is -2.20. The van der Waals surface area contributed by atoms with E-state index in [2.05, 4.69) is 21.6 Å². The molecule has 33 heavy (non-hydrogen) atoms. The molecule has 0 saturated heterocycles. The number of aromatic nitrogens is 2. The minimum Gasteiger partial charge on any atom is -0.387 e. The summed E-state index contributed by atoms with van der Waals surface area (Å²) in [7, 11) is 5.40. The van der Waals surface area contributed by atoms with E-state index in [1.165, 1.54) is 6.21 Å². The van der Waals surface area contributed by atoms with Gasteiger partial charge in [0.05, 0.1) is 22.3 Å². The molecule has 0 saturated carbocycles. The van der Waals surface area contributed by atoms with Gasteiger partial charge in [0.25, 0.3) is 5.56 Å². The molecule has 0 radical (unpaired) electrons. The van der Waals surface area contributed by atoms with Gasteiger partial charge in [-0.25, -0.2) is 5.10 Å². The van der Waals surface area contributed by atoms with E-state index < -0.39 is 5.34 Å². The van der Waals surface area contributed by atoms with Gasteiger partial charge in [-0.3, -0.25) is 4.79 Å². The first-order valence-electron chi connectivity index (χ1n) is 10.5. The first-order chi connectivity index (χ1) is 15.8. The standard InChI is InChI=1S/C24H22B2N6O/c1-30-21(16-8-6-13-4-2-3-5-15(13)20(16)12-28)19(11-27)14-7-9-17-18(10-14)22(24(25,26)29)31-32-23(17)33/h2-11,27,30H,25-26,29H2,1H3,(H,32,33)/b21-19+,27-11?. The Bertz CT molecular complexity index is 1540. The first kappa shape index (κ1) is 22.1. The lowest BCUT2D eigenvalue weighted by Crippen LogP contribution is -2.39. The van der Waals surface area contributed by atoms with Crippen molar-refractivity contribution in [1.29, 1.82) is 10.7 Å². The number of aromatic amines is 1. The number of rotatable bonds is 5. The van der Waals surface area contributed by atoms with E-state index in [1.807, 2.05) is 58.2 Å². The van der Waals surface area contributed by atoms with Gasteiger partial charge in [0.1, 0.15) is 21.8 Å². The molecular formula is C24H22B2N6O. The summed E-state index contributed by atoms with van der Waals surface area (Å²) >= 11 is 0. The maximum absolute atomic E-state index is 12.4. The highest BCUT2D eigenvalue weighted by molar-refractivity contribution is 6.40. The highest BCUT2D eigenvalue weighted by atomic mass is 16.1. The zero-order valence-electron chi connectivity index (χ0n) is 18.7. The summed E-state index contributed by atoms with van der Waals surface area (Å²) in [4.78, 5) is 12.4. The molecule has 160 valence electrons. The lowest BCUT2D eigenvalue weighted by molar-refractivity contribution is 0.820. The quantitative estimate of drug-likeness (QED) is 0.213. The maximum atomic E-state index is 12.4.